The largest absolute Gasteiger partial charge is 0.302 e. The normalized spacial score (nSPS) is 21.4. The third kappa shape index (κ3) is 3.43. The third-order valence-electron chi connectivity index (χ3n) is 5.30. The van der Waals surface area contributed by atoms with Crippen LogP contribution in [0.3, 0.4) is 0 Å². The van der Waals surface area contributed by atoms with E-state index < -0.39 is 0 Å². The highest BCUT2D eigenvalue weighted by atomic mass is 15.2. The molecule has 1 N–H and O–H groups in total. The van der Waals surface area contributed by atoms with Gasteiger partial charge in [0.15, 0.2) is 0 Å². The summed E-state index contributed by atoms with van der Waals surface area (Å²) in [4.78, 5) is 9.22. The van der Waals surface area contributed by atoms with E-state index in [1.165, 1.54) is 22.9 Å². The van der Waals surface area contributed by atoms with E-state index in [9.17, 15) is 0 Å². The molecule has 3 aromatic rings. The van der Waals surface area contributed by atoms with Gasteiger partial charge in [-0.15, -0.1) is 0 Å². The number of nitrogens with zero attached hydrogens (tertiary/aromatic N) is 4. The predicted octanol–water partition coefficient (Wildman–Crippen LogP) is 3.08. The van der Waals surface area contributed by atoms with Gasteiger partial charge in [-0.2, -0.15) is 5.10 Å². The van der Waals surface area contributed by atoms with Crippen LogP contribution in [0.25, 0.3) is 10.9 Å². The molecule has 4 rings (SSSR count). The lowest BCUT2D eigenvalue weighted by Gasteiger charge is -2.28. The zero-order chi connectivity index (χ0) is 17.2. The second-order valence-corrected chi connectivity index (χ2v) is 7.25. The number of pyridine rings is 1. The zero-order valence-electron chi connectivity index (χ0n) is 14.9. The Hall–Kier alpha value is -2.24. The smallest absolute Gasteiger partial charge is 0.0653 e. The van der Waals surface area contributed by atoms with Crippen molar-refractivity contribution in [3.05, 3.63) is 60.0 Å². The molecule has 2 aromatic heterocycles. The molecule has 25 heavy (non-hydrogen) atoms. The lowest BCUT2D eigenvalue weighted by atomic mass is 9.94. The van der Waals surface area contributed by atoms with Crippen molar-refractivity contribution in [1.82, 2.24) is 25.0 Å². The molecule has 1 fully saturated rings. The molecule has 5 heteroatoms. The maximum atomic E-state index is 4.32. The van der Waals surface area contributed by atoms with Crippen LogP contribution in [0.5, 0.6) is 0 Å². The van der Waals surface area contributed by atoms with Crippen LogP contribution in [0.15, 0.2) is 48.9 Å². The highest BCUT2D eigenvalue weighted by Crippen LogP contribution is 2.36. The van der Waals surface area contributed by atoms with Gasteiger partial charge in [0.25, 0.3) is 0 Å². The van der Waals surface area contributed by atoms with E-state index in [2.05, 4.69) is 63.3 Å². The van der Waals surface area contributed by atoms with E-state index in [4.69, 9.17) is 0 Å². The Balaban J connectivity index is 1.45. The first-order chi connectivity index (χ1) is 12.2. The van der Waals surface area contributed by atoms with Crippen molar-refractivity contribution in [1.29, 1.82) is 0 Å². The first kappa shape index (κ1) is 16.2. The summed E-state index contributed by atoms with van der Waals surface area (Å²) < 4.78 is 0. The summed E-state index contributed by atoms with van der Waals surface area (Å²) in [7, 11) is 4.44. The number of nitrogens with one attached hydrogen (secondary N) is 1. The zero-order valence-corrected chi connectivity index (χ0v) is 14.9. The maximum Gasteiger partial charge on any atom is 0.0653 e. The highest BCUT2D eigenvalue weighted by molar-refractivity contribution is 5.78. The SMILES string of the molecule is CN(Cc1ccc2cn[nH]c2c1)C[C@@H]1CCN(C)[C@H]1c1cccnc1. The van der Waals surface area contributed by atoms with Crippen LogP contribution >= 0.6 is 0 Å². The minimum atomic E-state index is 0.464. The van der Waals surface area contributed by atoms with E-state index in [1.54, 1.807) is 0 Å². The number of likely N-dealkylation sites (tertiary alicyclic amines) is 1. The number of aromatic amines is 1. The van der Waals surface area contributed by atoms with Crippen molar-refractivity contribution in [3.8, 4) is 0 Å². The molecule has 1 aliphatic heterocycles. The molecule has 5 nitrogen and oxygen atoms in total. The van der Waals surface area contributed by atoms with Crippen molar-refractivity contribution in [2.24, 2.45) is 5.92 Å². The number of hydrogen-bond acceptors (Lipinski definition) is 4. The van der Waals surface area contributed by atoms with Gasteiger partial charge in [0.1, 0.15) is 0 Å². The van der Waals surface area contributed by atoms with Crippen molar-refractivity contribution in [3.63, 3.8) is 0 Å². The molecular weight excluding hydrogens is 310 g/mol. The molecule has 130 valence electrons. The van der Waals surface area contributed by atoms with Crippen LogP contribution in [0.4, 0.5) is 0 Å². The molecule has 2 atom stereocenters. The van der Waals surface area contributed by atoms with Crippen molar-refractivity contribution in [2.75, 3.05) is 27.2 Å². The number of hydrogen-bond donors (Lipinski definition) is 1. The standard InChI is InChI=1S/C20H25N5/c1-24(13-15-5-6-16-12-22-23-19(16)10-15)14-18-7-9-25(2)20(18)17-4-3-8-21-11-17/h3-6,8,10-12,18,20H,7,9,13-14H2,1-2H3,(H,22,23)/t18-,20-/m0/s1. The van der Waals surface area contributed by atoms with E-state index >= 15 is 0 Å². The third-order valence-corrected chi connectivity index (χ3v) is 5.30. The predicted molar refractivity (Wildman–Crippen MR) is 100 cm³/mol. The second kappa shape index (κ2) is 6.94. The number of aromatic nitrogens is 3. The molecule has 1 saturated heterocycles. The summed E-state index contributed by atoms with van der Waals surface area (Å²) in [5, 5.41) is 8.33. The fourth-order valence-electron chi connectivity index (χ4n) is 4.15. The first-order valence-electron chi connectivity index (χ1n) is 8.91. The number of rotatable bonds is 5. The molecule has 0 aliphatic carbocycles. The van der Waals surface area contributed by atoms with Gasteiger partial charge < -0.3 is 4.90 Å². The van der Waals surface area contributed by atoms with Gasteiger partial charge >= 0.3 is 0 Å². The summed E-state index contributed by atoms with van der Waals surface area (Å²) >= 11 is 0. The van der Waals surface area contributed by atoms with Crippen molar-refractivity contribution in [2.45, 2.75) is 19.0 Å². The molecule has 0 amide bonds. The molecule has 0 radical (unpaired) electrons. The topological polar surface area (TPSA) is 48.1 Å². The van der Waals surface area contributed by atoms with Crippen molar-refractivity contribution < 1.29 is 0 Å². The van der Waals surface area contributed by atoms with E-state index in [0.29, 0.717) is 12.0 Å². The van der Waals surface area contributed by atoms with E-state index in [1.807, 2.05) is 24.7 Å². The van der Waals surface area contributed by atoms with E-state index in [-0.39, 0.29) is 0 Å². The monoisotopic (exact) mass is 335 g/mol. The minimum Gasteiger partial charge on any atom is -0.302 e. The molecule has 0 unspecified atom stereocenters. The summed E-state index contributed by atoms with van der Waals surface area (Å²) in [6.07, 6.45) is 6.98. The van der Waals surface area contributed by atoms with Crippen LogP contribution in [0.2, 0.25) is 0 Å². The molecule has 0 saturated carbocycles. The number of H-pyrrole nitrogens is 1. The average Bonchev–Trinajstić information content (AvgIpc) is 3.22. The number of fused-ring (bicyclic) bond motifs is 1. The Kier molecular flexibility index (Phi) is 4.51. The Bertz CT molecular complexity index is 828. The van der Waals surface area contributed by atoms with Gasteiger partial charge in [0, 0.05) is 36.9 Å². The fourth-order valence-corrected chi connectivity index (χ4v) is 4.15. The van der Waals surface area contributed by atoms with Crippen LogP contribution in [0.1, 0.15) is 23.6 Å². The second-order valence-electron chi connectivity index (χ2n) is 7.25. The fraction of sp³-hybridized carbons (Fsp3) is 0.400. The summed E-state index contributed by atoms with van der Waals surface area (Å²) in [6.45, 7) is 3.19. The van der Waals surface area contributed by atoms with Gasteiger partial charge in [0.05, 0.1) is 11.7 Å². The quantitative estimate of drug-likeness (QED) is 0.778. The van der Waals surface area contributed by atoms with Gasteiger partial charge in [0.2, 0.25) is 0 Å². The van der Waals surface area contributed by atoms with Gasteiger partial charge in [-0.05, 0) is 56.2 Å². The van der Waals surface area contributed by atoms with Gasteiger partial charge in [-0.25, -0.2) is 0 Å². The Labute approximate surface area is 148 Å². The molecular formula is C20H25N5. The molecule has 1 aromatic carbocycles. The summed E-state index contributed by atoms with van der Waals surface area (Å²) in [5.74, 6) is 0.634. The Morgan fingerprint density at radius 2 is 2.20 bits per heavy atom. The molecule has 3 heterocycles. The van der Waals surface area contributed by atoms with Crippen LogP contribution < -0.4 is 0 Å². The lowest BCUT2D eigenvalue weighted by Crippen LogP contribution is -2.30. The van der Waals surface area contributed by atoms with Gasteiger partial charge in [-0.3, -0.25) is 15.0 Å². The molecule has 1 aliphatic rings. The molecule has 0 spiro atoms. The Morgan fingerprint density at radius 3 is 3.04 bits per heavy atom. The van der Waals surface area contributed by atoms with Crippen LogP contribution in [-0.2, 0) is 6.54 Å². The Morgan fingerprint density at radius 1 is 1.28 bits per heavy atom. The highest BCUT2D eigenvalue weighted by Gasteiger charge is 2.33. The lowest BCUT2D eigenvalue weighted by molar-refractivity contribution is 0.214. The average molecular weight is 335 g/mol. The first-order valence-corrected chi connectivity index (χ1v) is 8.91. The summed E-state index contributed by atoms with van der Waals surface area (Å²) in [6, 6.07) is 11.3. The van der Waals surface area contributed by atoms with Crippen LogP contribution in [0, 0.1) is 5.92 Å². The minimum absolute atomic E-state index is 0.464. The van der Waals surface area contributed by atoms with Crippen molar-refractivity contribution >= 4 is 10.9 Å². The number of benzene rings is 1. The summed E-state index contributed by atoms with van der Waals surface area (Å²) in [5.41, 5.74) is 3.77. The van der Waals surface area contributed by atoms with Crippen LogP contribution in [-0.4, -0.2) is 52.2 Å². The molecule has 0 bridgehead atoms. The maximum absolute atomic E-state index is 4.32. The van der Waals surface area contributed by atoms with E-state index in [0.717, 1.165) is 25.2 Å². The van der Waals surface area contributed by atoms with Gasteiger partial charge in [-0.1, -0.05) is 18.2 Å².